The maximum absolute atomic E-state index is 13.9. The summed E-state index contributed by atoms with van der Waals surface area (Å²) in [6.45, 7) is 15.2. The summed E-state index contributed by atoms with van der Waals surface area (Å²) >= 11 is -1.42. The maximum atomic E-state index is 13.9. The Morgan fingerprint density at radius 3 is 2.29 bits per heavy atom. The van der Waals surface area contributed by atoms with Gasteiger partial charge in [-0.3, -0.25) is 0 Å². The molecular formula is C34H45AsN6O4. The molecule has 1 unspecified atom stereocenters. The number of rotatable bonds is 8. The predicted molar refractivity (Wildman–Crippen MR) is 179 cm³/mol. The van der Waals surface area contributed by atoms with E-state index in [1.165, 1.54) is 4.68 Å². The van der Waals surface area contributed by atoms with Crippen molar-refractivity contribution in [2.45, 2.75) is 54.1 Å². The van der Waals surface area contributed by atoms with Crippen molar-refractivity contribution >= 4 is 48.3 Å². The van der Waals surface area contributed by atoms with E-state index < -0.39 is 21.8 Å². The molecule has 2 aliphatic rings. The van der Waals surface area contributed by atoms with Crippen LogP contribution < -0.4 is 14.3 Å². The number of fused-ring (bicyclic) bond motifs is 1. The van der Waals surface area contributed by atoms with E-state index >= 15 is 0 Å². The zero-order valence-electron chi connectivity index (χ0n) is 27.3. The number of urea groups is 1. The first-order valence-corrected chi connectivity index (χ1v) is 17.9. The minimum atomic E-state index is -1.42. The second-order valence-electron chi connectivity index (χ2n) is 13.0. The summed E-state index contributed by atoms with van der Waals surface area (Å²) < 4.78 is 7.57. The van der Waals surface area contributed by atoms with E-state index in [9.17, 15) is 14.4 Å². The van der Waals surface area contributed by atoms with Crippen molar-refractivity contribution in [1.29, 1.82) is 0 Å². The number of anilines is 2. The number of amides is 2. The number of piperazine rings is 1. The fourth-order valence-electron chi connectivity index (χ4n) is 5.69. The first-order valence-electron chi connectivity index (χ1n) is 15.8. The van der Waals surface area contributed by atoms with E-state index in [1.54, 1.807) is 9.80 Å². The molecule has 3 heterocycles. The Morgan fingerprint density at radius 1 is 0.956 bits per heavy atom. The fourth-order valence-corrected chi connectivity index (χ4v) is 7.89. The number of aromatic nitrogens is 2. The third kappa shape index (κ3) is 7.44. The number of hydrogen-bond donors (Lipinski definition) is 0. The third-order valence-corrected chi connectivity index (χ3v) is 10.7. The molecule has 11 heteroatoms. The number of likely N-dealkylation sites (N-methyl/N-ethyl adjacent to an activating group) is 1. The second-order valence-corrected chi connectivity index (χ2v) is 15.4. The molecular weight excluding hydrogens is 631 g/mol. The molecule has 2 aliphatic heterocycles. The first kappa shape index (κ1) is 32.8. The molecule has 2 amide bonds. The van der Waals surface area contributed by atoms with Crippen LogP contribution in [-0.2, 0) is 24.2 Å². The van der Waals surface area contributed by atoms with Gasteiger partial charge in [-0.05, 0) is 0 Å². The normalized spacial score (nSPS) is 15.5. The molecule has 1 aromatic heterocycles. The summed E-state index contributed by atoms with van der Waals surface area (Å²) in [5.74, 6) is 0. The van der Waals surface area contributed by atoms with E-state index in [4.69, 9.17) is 4.74 Å². The molecule has 240 valence electrons. The fraction of sp³-hybridized carbons (Fsp3) is 0.471. The summed E-state index contributed by atoms with van der Waals surface area (Å²) in [5, 5.41) is 4.65. The molecule has 0 aliphatic carbocycles. The molecule has 2 aromatic carbocycles. The Balaban J connectivity index is 1.38. The van der Waals surface area contributed by atoms with Crippen LogP contribution in [0.3, 0.4) is 0 Å². The topological polar surface area (TPSA) is 91.2 Å². The van der Waals surface area contributed by atoms with Gasteiger partial charge in [0.1, 0.15) is 0 Å². The van der Waals surface area contributed by atoms with Crippen LogP contribution in [0.1, 0.15) is 61.8 Å². The standard InChI is InChI=1S/C34H45AsN6O4/c1-7-24-11-9-10-12-28(24)40(8-2)32(43)39-21-27-29(22-39)41(33(44)45-23-34(3,4)5)36-30(27)35-31(42)25-13-15-26(16-14-25)38-19-17-37(6)18-20-38/h9-16,35H,7-8,17-23H2,1-6H3. The molecule has 3 aromatic rings. The van der Waals surface area contributed by atoms with Gasteiger partial charge in [0, 0.05) is 0 Å². The molecule has 0 radical (unpaired) electrons. The van der Waals surface area contributed by atoms with Gasteiger partial charge in [-0.1, -0.05) is 0 Å². The molecule has 1 fully saturated rings. The van der Waals surface area contributed by atoms with E-state index in [-0.39, 0.29) is 29.2 Å². The molecule has 1 atom stereocenters. The van der Waals surface area contributed by atoms with Crippen molar-refractivity contribution in [2.75, 3.05) is 56.2 Å². The van der Waals surface area contributed by atoms with Gasteiger partial charge in [0.15, 0.2) is 0 Å². The zero-order valence-corrected chi connectivity index (χ0v) is 29.4. The van der Waals surface area contributed by atoms with Crippen LogP contribution in [0.25, 0.3) is 0 Å². The van der Waals surface area contributed by atoms with Gasteiger partial charge >= 0.3 is 274 Å². The number of carbonyl (C=O) groups is 3. The van der Waals surface area contributed by atoms with Crippen LogP contribution in [-0.4, -0.2) is 98.4 Å². The van der Waals surface area contributed by atoms with Crippen molar-refractivity contribution in [2.24, 2.45) is 5.41 Å². The molecule has 45 heavy (non-hydrogen) atoms. The predicted octanol–water partition coefficient (Wildman–Crippen LogP) is 4.09. The van der Waals surface area contributed by atoms with Gasteiger partial charge in [-0.25, -0.2) is 0 Å². The molecule has 0 bridgehead atoms. The number of aryl methyl sites for hydroxylation is 1. The average Bonchev–Trinajstić information content (AvgIpc) is 3.61. The van der Waals surface area contributed by atoms with Crippen LogP contribution in [0.15, 0.2) is 48.5 Å². The number of nitrogens with zero attached hydrogens (tertiary/aromatic N) is 6. The van der Waals surface area contributed by atoms with Crippen molar-refractivity contribution in [3.8, 4) is 0 Å². The summed E-state index contributed by atoms with van der Waals surface area (Å²) in [7, 11) is 2.13. The molecule has 1 saturated heterocycles. The summed E-state index contributed by atoms with van der Waals surface area (Å²) in [4.78, 5) is 49.0. The monoisotopic (exact) mass is 676 g/mol. The van der Waals surface area contributed by atoms with Gasteiger partial charge in [0.2, 0.25) is 0 Å². The summed E-state index contributed by atoms with van der Waals surface area (Å²) in [5.41, 5.74) is 4.94. The van der Waals surface area contributed by atoms with E-state index in [2.05, 4.69) is 28.9 Å². The molecule has 10 nitrogen and oxygen atoms in total. The Labute approximate surface area is 273 Å². The number of benzene rings is 2. The zero-order chi connectivity index (χ0) is 32.3. The third-order valence-electron chi connectivity index (χ3n) is 8.29. The van der Waals surface area contributed by atoms with Crippen molar-refractivity contribution in [3.63, 3.8) is 0 Å². The van der Waals surface area contributed by atoms with Crippen molar-refractivity contribution in [1.82, 2.24) is 19.6 Å². The number of para-hydroxylation sites is 1. The van der Waals surface area contributed by atoms with Crippen molar-refractivity contribution in [3.05, 3.63) is 70.9 Å². The number of hydrogen-bond acceptors (Lipinski definition) is 7. The van der Waals surface area contributed by atoms with Crippen LogP contribution >= 0.6 is 0 Å². The van der Waals surface area contributed by atoms with Gasteiger partial charge < -0.3 is 0 Å². The second kappa shape index (κ2) is 13.8. The summed E-state index contributed by atoms with van der Waals surface area (Å²) in [6, 6.07) is 15.6. The SMILES string of the molecule is CCc1ccccc1N(CC)C(=O)N1Cc2c([AsH]C(=O)c3ccc(N4CCN(C)CC4)cc3)nn(C(=O)OCC(C)(C)C)c2C1. The average molecular weight is 677 g/mol. The Kier molecular flexibility index (Phi) is 10.0. The Hall–Kier alpha value is -3.62. The molecule has 5 rings (SSSR count). The Morgan fingerprint density at radius 2 is 1.64 bits per heavy atom. The van der Waals surface area contributed by atoms with E-state index in [0.717, 1.165) is 55.1 Å². The van der Waals surface area contributed by atoms with Crippen LogP contribution in [0, 0.1) is 5.41 Å². The Bertz CT molecular complexity index is 1540. The van der Waals surface area contributed by atoms with Crippen LogP contribution in [0.4, 0.5) is 21.0 Å². The number of carbonyl (C=O) groups excluding carboxylic acids is 3. The van der Waals surface area contributed by atoms with E-state index in [1.807, 2.05) is 76.2 Å². The molecule has 0 saturated carbocycles. The molecule has 0 spiro atoms. The number of ether oxygens (including phenoxy) is 1. The minimum absolute atomic E-state index is 0.0345. The van der Waals surface area contributed by atoms with Gasteiger partial charge in [-0.15, -0.1) is 0 Å². The summed E-state index contributed by atoms with van der Waals surface area (Å²) in [6.07, 6.45) is 0.226. The van der Waals surface area contributed by atoms with E-state index in [0.29, 0.717) is 28.8 Å². The van der Waals surface area contributed by atoms with Gasteiger partial charge in [0.25, 0.3) is 0 Å². The quantitative estimate of drug-likeness (QED) is 0.332. The van der Waals surface area contributed by atoms with Crippen LogP contribution in [0.5, 0.6) is 0 Å². The van der Waals surface area contributed by atoms with Gasteiger partial charge in [-0.2, -0.15) is 0 Å². The van der Waals surface area contributed by atoms with Crippen LogP contribution in [0.2, 0.25) is 0 Å². The molecule has 0 N–H and O–H groups in total. The first-order chi connectivity index (χ1) is 21.5. The van der Waals surface area contributed by atoms with Gasteiger partial charge in [0.05, 0.1) is 0 Å². The van der Waals surface area contributed by atoms with Crippen molar-refractivity contribution < 1.29 is 19.1 Å².